The second-order valence-electron chi connectivity index (χ2n) is 8.80. The van der Waals surface area contributed by atoms with Crippen LogP contribution in [-0.2, 0) is 6.42 Å². The van der Waals surface area contributed by atoms with Crippen molar-refractivity contribution in [3.05, 3.63) is 111 Å². The van der Waals surface area contributed by atoms with Crippen molar-refractivity contribution < 1.29 is 9.72 Å². The SMILES string of the molecule is Cc1ccc(-c2cc(C(=O)NC(C)CCc3ccccc3)n(-c3cccc([N+](=O)[O-])c3)n2)cc1C. The molecule has 1 amide bonds. The van der Waals surface area contributed by atoms with Crippen LogP contribution in [0.5, 0.6) is 0 Å². The van der Waals surface area contributed by atoms with Crippen LogP contribution in [0.2, 0.25) is 0 Å². The number of nitrogens with zero attached hydrogens (tertiary/aromatic N) is 3. The van der Waals surface area contributed by atoms with Gasteiger partial charge in [-0.05, 0) is 68.5 Å². The number of hydrogen-bond acceptors (Lipinski definition) is 4. The molecule has 0 bridgehead atoms. The predicted molar refractivity (Wildman–Crippen MR) is 137 cm³/mol. The van der Waals surface area contributed by atoms with E-state index in [1.165, 1.54) is 22.4 Å². The third-order valence-electron chi connectivity index (χ3n) is 6.12. The highest BCUT2D eigenvalue weighted by Gasteiger charge is 2.20. The maximum Gasteiger partial charge on any atom is 0.271 e. The molecule has 1 N–H and O–H groups in total. The van der Waals surface area contributed by atoms with Gasteiger partial charge in [0.05, 0.1) is 16.3 Å². The number of nitro benzene ring substituents is 1. The minimum absolute atomic E-state index is 0.0617. The van der Waals surface area contributed by atoms with Gasteiger partial charge in [0.1, 0.15) is 5.69 Å². The second kappa shape index (κ2) is 10.3. The minimum Gasteiger partial charge on any atom is -0.348 e. The summed E-state index contributed by atoms with van der Waals surface area (Å²) in [5, 5.41) is 19.1. The van der Waals surface area contributed by atoms with Gasteiger partial charge in [0.25, 0.3) is 11.6 Å². The molecule has 178 valence electrons. The third kappa shape index (κ3) is 5.63. The highest BCUT2D eigenvalue weighted by molar-refractivity contribution is 5.94. The number of carbonyl (C=O) groups is 1. The highest BCUT2D eigenvalue weighted by atomic mass is 16.6. The molecule has 3 aromatic carbocycles. The largest absolute Gasteiger partial charge is 0.348 e. The van der Waals surface area contributed by atoms with Crippen LogP contribution >= 0.6 is 0 Å². The molecule has 35 heavy (non-hydrogen) atoms. The average molecular weight is 469 g/mol. The zero-order valence-electron chi connectivity index (χ0n) is 20.1. The van der Waals surface area contributed by atoms with Gasteiger partial charge in [-0.1, -0.05) is 48.5 Å². The number of aryl methyl sites for hydroxylation is 3. The molecule has 7 nitrogen and oxygen atoms in total. The Labute approximate surface area is 204 Å². The van der Waals surface area contributed by atoms with Crippen molar-refractivity contribution in [1.82, 2.24) is 15.1 Å². The van der Waals surface area contributed by atoms with E-state index in [0.29, 0.717) is 17.1 Å². The molecule has 7 heteroatoms. The molecule has 4 rings (SSSR count). The van der Waals surface area contributed by atoms with Crippen LogP contribution < -0.4 is 5.32 Å². The number of benzene rings is 3. The fraction of sp³-hybridized carbons (Fsp3) is 0.214. The standard InChI is InChI=1S/C28H28N4O3/c1-19-12-15-23(16-20(19)2)26-18-27(31(30-26)24-10-7-11-25(17-24)32(34)35)28(33)29-21(3)13-14-22-8-5-4-6-9-22/h4-12,15-18,21H,13-14H2,1-3H3,(H,29,33). The number of nitrogens with one attached hydrogen (secondary N) is 1. The summed E-state index contributed by atoms with van der Waals surface area (Å²) in [5.74, 6) is -0.278. The van der Waals surface area contributed by atoms with Crippen LogP contribution in [0.1, 0.15) is 40.5 Å². The lowest BCUT2D eigenvalue weighted by molar-refractivity contribution is -0.384. The Bertz CT molecular complexity index is 1360. The molecule has 0 saturated heterocycles. The molecule has 1 aromatic heterocycles. The number of carbonyl (C=O) groups excluding carboxylic acids is 1. The maximum absolute atomic E-state index is 13.3. The topological polar surface area (TPSA) is 90.1 Å². The number of rotatable bonds is 8. The van der Waals surface area contributed by atoms with Gasteiger partial charge in [-0.2, -0.15) is 5.10 Å². The Morgan fingerprint density at radius 1 is 1.00 bits per heavy atom. The minimum atomic E-state index is -0.456. The molecule has 0 spiro atoms. The normalized spacial score (nSPS) is 11.7. The summed E-state index contributed by atoms with van der Waals surface area (Å²) in [5.41, 5.74) is 5.72. The summed E-state index contributed by atoms with van der Waals surface area (Å²) >= 11 is 0. The van der Waals surface area contributed by atoms with Crippen molar-refractivity contribution in [1.29, 1.82) is 0 Å². The molecule has 0 aliphatic rings. The summed E-state index contributed by atoms with van der Waals surface area (Å²) < 4.78 is 1.48. The molecule has 4 aromatic rings. The van der Waals surface area contributed by atoms with Crippen molar-refractivity contribution in [2.24, 2.45) is 0 Å². The van der Waals surface area contributed by atoms with Gasteiger partial charge in [0.2, 0.25) is 0 Å². The summed E-state index contributed by atoms with van der Waals surface area (Å²) in [7, 11) is 0. The van der Waals surface area contributed by atoms with E-state index in [0.717, 1.165) is 29.5 Å². The number of aromatic nitrogens is 2. The van der Waals surface area contributed by atoms with Crippen LogP contribution in [0.15, 0.2) is 78.9 Å². The van der Waals surface area contributed by atoms with Crippen LogP contribution in [0.25, 0.3) is 16.9 Å². The van der Waals surface area contributed by atoms with Crippen molar-refractivity contribution in [3.8, 4) is 16.9 Å². The average Bonchev–Trinajstić information content (AvgIpc) is 3.31. The molecule has 1 heterocycles. The third-order valence-corrected chi connectivity index (χ3v) is 6.12. The van der Waals surface area contributed by atoms with Crippen molar-refractivity contribution in [2.75, 3.05) is 0 Å². The van der Waals surface area contributed by atoms with Gasteiger partial charge in [0.15, 0.2) is 0 Å². The molecular formula is C28H28N4O3. The number of nitro groups is 1. The van der Waals surface area contributed by atoms with Crippen LogP contribution in [-0.4, -0.2) is 26.7 Å². The molecule has 1 atom stereocenters. The fourth-order valence-corrected chi connectivity index (χ4v) is 3.92. The zero-order valence-corrected chi connectivity index (χ0v) is 20.1. The van der Waals surface area contributed by atoms with Crippen LogP contribution in [0.3, 0.4) is 0 Å². The lowest BCUT2D eigenvalue weighted by Gasteiger charge is -2.14. The second-order valence-corrected chi connectivity index (χ2v) is 8.80. The van der Waals surface area contributed by atoms with E-state index in [4.69, 9.17) is 0 Å². The first-order valence-electron chi connectivity index (χ1n) is 11.6. The van der Waals surface area contributed by atoms with E-state index in [2.05, 4.69) is 22.5 Å². The predicted octanol–water partition coefficient (Wildman–Crippen LogP) is 5.82. The van der Waals surface area contributed by atoms with Gasteiger partial charge >= 0.3 is 0 Å². The van der Waals surface area contributed by atoms with Crippen molar-refractivity contribution in [3.63, 3.8) is 0 Å². The zero-order chi connectivity index (χ0) is 24.9. The summed E-state index contributed by atoms with van der Waals surface area (Å²) in [4.78, 5) is 24.2. The number of hydrogen-bond donors (Lipinski definition) is 1. The van der Waals surface area contributed by atoms with Crippen LogP contribution in [0.4, 0.5) is 5.69 Å². The Morgan fingerprint density at radius 3 is 2.49 bits per heavy atom. The van der Waals surface area contributed by atoms with E-state index >= 15 is 0 Å². The molecular weight excluding hydrogens is 440 g/mol. The Kier molecular flexibility index (Phi) is 7.06. The smallest absolute Gasteiger partial charge is 0.271 e. The van der Waals surface area contributed by atoms with Gasteiger partial charge in [-0.15, -0.1) is 0 Å². The summed E-state index contributed by atoms with van der Waals surface area (Å²) in [6.07, 6.45) is 1.63. The van der Waals surface area contributed by atoms with Gasteiger partial charge in [0, 0.05) is 23.7 Å². The quantitative estimate of drug-likeness (QED) is 0.261. The van der Waals surface area contributed by atoms with E-state index in [1.54, 1.807) is 18.2 Å². The molecule has 0 aliphatic heterocycles. The molecule has 0 aliphatic carbocycles. The van der Waals surface area contributed by atoms with Gasteiger partial charge in [-0.25, -0.2) is 4.68 Å². The summed E-state index contributed by atoms with van der Waals surface area (Å²) in [6, 6.07) is 24.0. The molecule has 0 radical (unpaired) electrons. The first kappa shape index (κ1) is 23.9. The van der Waals surface area contributed by atoms with Crippen molar-refractivity contribution >= 4 is 11.6 Å². The fourth-order valence-electron chi connectivity index (χ4n) is 3.92. The Hall–Kier alpha value is -4.26. The van der Waals surface area contributed by atoms with Gasteiger partial charge in [-0.3, -0.25) is 14.9 Å². The number of amides is 1. The van der Waals surface area contributed by atoms with E-state index in [9.17, 15) is 14.9 Å². The highest BCUT2D eigenvalue weighted by Crippen LogP contribution is 2.25. The Morgan fingerprint density at radius 2 is 1.77 bits per heavy atom. The number of non-ortho nitro benzene ring substituents is 1. The van der Waals surface area contributed by atoms with Crippen LogP contribution in [0, 0.1) is 24.0 Å². The van der Waals surface area contributed by atoms with Crippen molar-refractivity contribution in [2.45, 2.75) is 39.7 Å². The first-order valence-corrected chi connectivity index (χ1v) is 11.6. The molecule has 0 fully saturated rings. The van der Waals surface area contributed by atoms with E-state index in [-0.39, 0.29) is 17.6 Å². The first-order chi connectivity index (χ1) is 16.8. The van der Waals surface area contributed by atoms with E-state index in [1.807, 2.05) is 57.2 Å². The monoisotopic (exact) mass is 468 g/mol. The van der Waals surface area contributed by atoms with Gasteiger partial charge < -0.3 is 5.32 Å². The molecule has 1 unspecified atom stereocenters. The molecule has 0 saturated carbocycles. The lowest BCUT2D eigenvalue weighted by Crippen LogP contribution is -2.34. The summed E-state index contributed by atoms with van der Waals surface area (Å²) in [6.45, 7) is 6.04. The lowest BCUT2D eigenvalue weighted by atomic mass is 10.0. The maximum atomic E-state index is 13.3. The Balaban J connectivity index is 1.65. The van der Waals surface area contributed by atoms with E-state index < -0.39 is 4.92 Å².